The molecule has 1 aromatic carbocycles. The lowest BCUT2D eigenvalue weighted by Crippen LogP contribution is -2.40. The summed E-state index contributed by atoms with van der Waals surface area (Å²) in [6, 6.07) is 10.7. The molecule has 0 spiro atoms. The third-order valence-electron chi connectivity index (χ3n) is 2.65. The number of halogens is 1. The lowest BCUT2D eigenvalue weighted by molar-refractivity contribution is -0.117. The van der Waals surface area contributed by atoms with E-state index in [0.29, 0.717) is 10.6 Å². The van der Waals surface area contributed by atoms with Crippen LogP contribution < -0.4 is 15.6 Å². The molecule has 114 valence electrons. The zero-order valence-electron chi connectivity index (χ0n) is 11.6. The van der Waals surface area contributed by atoms with Gasteiger partial charge in [-0.2, -0.15) is 0 Å². The highest BCUT2D eigenvalue weighted by Gasteiger charge is 2.08. The van der Waals surface area contributed by atoms with E-state index < -0.39 is 5.91 Å². The second-order valence-corrected chi connectivity index (χ2v) is 6.59. The summed E-state index contributed by atoms with van der Waals surface area (Å²) in [7, 11) is 1.56. The van der Waals surface area contributed by atoms with Gasteiger partial charge in [0.15, 0.2) is 0 Å². The molecule has 2 N–H and O–H groups in total. The first-order valence-electron chi connectivity index (χ1n) is 6.27. The Kier molecular flexibility index (Phi) is 5.74. The number of hydrazine groups is 1. The van der Waals surface area contributed by atoms with Gasteiger partial charge in [0.2, 0.25) is 0 Å². The van der Waals surface area contributed by atoms with Crippen molar-refractivity contribution in [1.82, 2.24) is 10.9 Å². The quantitative estimate of drug-likeness (QED) is 0.632. The number of methoxy groups -OCH3 is 1. The van der Waals surface area contributed by atoms with Crippen molar-refractivity contribution in [3.05, 3.63) is 56.7 Å². The number of nitrogens with one attached hydrogen (secondary N) is 2. The predicted molar refractivity (Wildman–Crippen MR) is 89.7 cm³/mol. The summed E-state index contributed by atoms with van der Waals surface area (Å²) in [6.07, 6.45) is 2.94. The zero-order valence-corrected chi connectivity index (χ0v) is 14.0. The molecule has 0 saturated heterocycles. The van der Waals surface area contributed by atoms with E-state index in [9.17, 15) is 9.59 Å². The second kappa shape index (κ2) is 7.77. The number of para-hydroxylation sites is 1. The standard InChI is InChI=1S/C15H13BrN2O3S/c1-21-11-5-3-2-4-10(11)6-9-14(19)17-18-15(20)12-7-8-13(16)22-12/h2-9H,1H3,(H,17,19)(H,18,20)/b9-6+. The fourth-order valence-corrected chi connectivity index (χ4v) is 2.91. The summed E-state index contributed by atoms with van der Waals surface area (Å²) in [6.45, 7) is 0. The summed E-state index contributed by atoms with van der Waals surface area (Å²) in [5, 5.41) is 0. The molecule has 0 aliphatic rings. The van der Waals surface area contributed by atoms with Crippen LogP contribution in [-0.4, -0.2) is 18.9 Å². The molecule has 0 radical (unpaired) electrons. The van der Waals surface area contributed by atoms with Gasteiger partial charge in [0.1, 0.15) is 5.75 Å². The number of ether oxygens (including phenoxy) is 1. The molecule has 1 heterocycles. The molecule has 22 heavy (non-hydrogen) atoms. The van der Waals surface area contributed by atoms with Crippen LogP contribution in [0.5, 0.6) is 5.75 Å². The number of amides is 2. The molecule has 5 nitrogen and oxygen atoms in total. The number of carbonyl (C=O) groups excluding carboxylic acids is 2. The highest BCUT2D eigenvalue weighted by atomic mass is 79.9. The van der Waals surface area contributed by atoms with Crippen molar-refractivity contribution >= 4 is 45.2 Å². The average molecular weight is 381 g/mol. The first-order chi connectivity index (χ1) is 10.6. The summed E-state index contributed by atoms with van der Waals surface area (Å²) < 4.78 is 6.03. The minimum Gasteiger partial charge on any atom is -0.496 e. The molecule has 2 rings (SSSR count). The Hall–Kier alpha value is -2.12. The van der Waals surface area contributed by atoms with E-state index in [0.717, 1.165) is 9.35 Å². The molecule has 0 aliphatic carbocycles. The lowest BCUT2D eigenvalue weighted by Gasteiger charge is -2.04. The third-order valence-corrected chi connectivity index (χ3v) is 4.27. The Labute approximate surface area is 140 Å². The number of carbonyl (C=O) groups is 2. The van der Waals surface area contributed by atoms with Gasteiger partial charge in [-0.15, -0.1) is 11.3 Å². The van der Waals surface area contributed by atoms with Gasteiger partial charge in [0.25, 0.3) is 11.8 Å². The van der Waals surface area contributed by atoms with Crippen LogP contribution in [0.25, 0.3) is 6.08 Å². The summed E-state index contributed by atoms with van der Waals surface area (Å²) in [5.41, 5.74) is 5.44. The van der Waals surface area contributed by atoms with Crippen molar-refractivity contribution in [2.24, 2.45) is 0 Å². The molecular weight excluding hydrogens is 368 g/mol. The fraction of sp³-hybridized carbons (Fsp3) is 0.0667. The van der Waals surface area contributed by atoms with Crippen molar-refractivity contribution in [2.75, 3.05) is 7.11 Å². The molecule has 7 heteroatoms. The van der Waals surface area contributed by atoms with Crippen molar-refractivity contribution < 1.29 is 14.3 Å². The number of benzene rings is 1. The van der Waals surface area contributed by atoms with Gasteiger partial charge in [-0.1, -0.05) is 18.2 Å². The van der Waals surface area contributed by atoms with E-state index in [-0.39, 0.29) is 5.91 Å². The van der Waals surface area contributed by atoms with Gasteiger partial charge in [-0.3, -0.25) is 20.4 Å². The van der Waals surface area contributed by atoms with E-state index in [1.54, 1.807) is 31.4 Å². The van der Waals surface area contributed by atoms with Crippen LogP contribution in [0.1, 0.15) is 15.2 Å². The smallest absolute Gasteiger partial charge is 0.279 e. The summed E-state index contributed by atoms with van der Waals surface area (Å²) in [5.74, 6) is -0.136. The Balaban J connectivity index is 1.90. The van der Waals surface area contributed by atoms with Gasteiger partial charge in [-0.25, -0.2) is 0 Å². The topological polar surface area (TPSA) is 67.4 Å². The van der Waals surface area contributed by atoms with Gasteiger partial charge < -0.3 is 4.74 Å². The number of hydrogen-bond acceptors (Lipinski definition) is 4. The van der Waals surface area contributed by atoms with E-state index in [1.165, 1.54) is 17.4 Å². The van der Waals surface area contributed by atoms with E-state index >= 15 is 0 Å². The Morgan fingerprint density at radius 2 is 1.95 bits per heavy atom. The van der Waals surface area contributed by atoms with Gasteiger partial charge in [0, 0.05) is 11.6 Å². The molecule has 0 bridgehead atoms. The molecule has 0 atom stereocenters. The number of rotatable bonds is 4. The van der Waals surface area contributed by atoms with Crippen LogP contribution in [0.15, 0.2) is 46.3 Å². The molecule has 0 aliphatic heterocycles. The molecular formula is C15H13BrN2O3S. The molecule has 1 aromatic heterocycles. The first-order valence-corrected chi connectivity index (χ1v) is 7.88. The summed E-state index contributed by atoms with van der Waals surface area (Å²) in [4.78, 5) is 24.0. The van der Waals surface area contributed by atoms with Crippen LogP contribution in [0.3, 0.4) is 0 Å². The largest absolute Gasteiger partial charge is 0.496 e. The number of thiophene rings is 1. The van der Waals surface area contributed by atoms with E-state index in [4.69, 9.17) is 4.74 Å². The Bertz CT molecular complexity index is 712. The normalized spacial score (nSPS) is 10.5. The maximum absolute atomic E-state index is 11.8. The third kappa shape index (κ3) is 4.44. The predicted octanol–water partition coefficient (Wildman–Crippen LogP) is 2.99. The Morgan fingerprint density at radius 1 is 1.18 bits per heavy atom. The van der Waals surface area contributed by atoms with Crippen LogP contribution in [0.4, 0.5) is 0 Å². The van der Waals surface area contributed by atoms with Gasteiger partial charge in [0.05, 0.1) is 15.8 Å². The SMILES string of the molecule is COc1ccccc1/C=C/C(=O)NNC(=O)c1ccc(Br)s1. The molecule has 2 aromatic rings. The van der Waals surface area contributed by atoms with Crippen molar-refractivity contribution in [2.45, 2.75) is 0 Å². The maximum atomic E-state index is 11.8. The maximum Gasteiger partial charge on any atom is 0.279 e. The highest BCUT2D eigenvalue weighted by molar-refractivity contribution is 9.11. The van der Waals surface area contributed by atoms with Gasteiger partial charge >= 0.3 is 0 Å². The zero-order chi connectivity index (χ0) is 15.9. The summed E-state index contributed by atoms with van der Waals surface area (Å²) >= 11 is 4.55. The monoisotopic (exact) mass is 380 g/mol. The first kappa shape index (κ1) is 16.3. The minimum atomic E-state index is -0.435. The van der Waals surface area contributed by atoms with Crippen LogP contribution >= 0.6 is 27.3 Å². The van der Waals surface area contributed by atoms with Crippen LogP contribution in [0.2, 0.25) is 0 Å². The molecule has 0 unspecified atom stereocenters. The van der Waals surface area contributed by atoms with Crippen molar-refractivity contribution in [3.63, 3.8) is 0 Å². The fourth-order valence-electron chi connectivity index (χ4n) is 1.63. The van der Waals surface area contributed by atoms with Crippen LogP contribution in [-0.2, 0) is 4.79 Å². The van der Waals surface area contributed by atoms with Crippen molar-refractivity contribution in [1.29, 1.82) is 0 Å². The second-order valence-electron chi connectivity index (χ2n) is 4.12. The van der Waals surface area contributed by atoms with E-state index in [2.05, 4.69) is 26.8 Å². The minimum absolute atomic E-state index is 0.366. The average Bonchev–Trinajstić information content (AvgIpc) is 2.97. The molecule has 2 amide bonds. The molecule has 0 saturated carbocycles. The Morgan fingerprint density at radius 3 is 2.64 bits per heavy atom. The van der Waals surface area contributed by atoms with Gasteiger partial charge in [-0.05, 0) is 40.2 Å². The van der Waals surface area contributed by atoms with Crippen LogP contribution in [0, 0.1) is 0 Å². The number of hydrogen-bond donors (Lipinski definition) is 2. The molecule has 0 fully saturated rings. The van der Waals surface area contributed by atoms with E-state index in [1.807, 2.05) is 18.2 Å². The van der Waals surface area contributed by atoms with Crippen molar-refractivity contribution in [3.8, 4) is 5.75 Å². The highest BCUT2D eigenvalue weighted by Crippen LogP contribution is 2.21. The lowest BCUT2D eigenvalue weighted by atomic mass is 10.2.